The second-order valence-corrected chi connectivity index (χ2v) is 13.5. The molecule has 0 aliphatic rings. The second-order valence-electron chi connectivity index (χ2n) is 11.9. The maximum atomic E-state index is 13.5. The van der Waals surface area contributed by atoms with Crippen molar-refractivity contribution >= 4 is 55.8 Å². The van der Waals surface area contributed by atoms with E-state index in [1.165, 1.54) is 36.4 Å². The normalized spacial score (nSPS) is 11.1. The number of unbranched alkanes of at least 4 members (excludes halogenated alkanes) is 4. The minimum absolute atomic E-state index is 0.142. The Kier molecular flexibility index (Phi) is 14.7. The highest BCUT2D eigenvalue weighted by molar-refractivity contribution is 8.07. The van der Waals surface area contributed by atoms with E-state index in [4.69, 9.17) is 9.47 Å². The lowest BCUT2D eigenvalue weighted by atomic mass is 10.1. The molecule has 0 heterocycles. The molecule has 0 bridgehead atoms. The second kappa shape index (κ2) is 19.6. The summed E-state index contributed by atoms with van der Waals surface area (Å²) in [6, 6.07) is 23.5. The highest BCUT2D eigenvalue weighted by Gasteiger charge is 2.29. The molecular weight excluding hydrogens is 701 g/mol. The molecule has 0 fully saturated rings. The van der Waals surface area contributed by atoms with Gasteiger partial charge >= 0.3 is 21.1 Å². The highest BCUT2D eigenvalue weighted by atomic mass is 32.2. The molecule has 4 aromatic carbocycles. The highest BCUT2D eigenvalue weighted by Crippen LogP contribution is 2.32. The van der Waals surface area contributed by atoms with Crippen molar-refractivity contribution in [3.05, 3.63) is 124 Å². The number of amides is 1. The first-order chi connectivity index (χ1) is 25.5. The monoisotopic (exact) mass is 742 g/mol. The van der Waals surface area contributed by atoms with Crippen LogP contribution in [0.2, 0.25) is 0 Å². The van der Waals surface area contributed by atoms with Crippen LogP contribution in [0.4, 0.5) is 22.7 Å². The van der Waals surface area contributed by atoms with Gasteiger partial charge in [0, 0.05) is 36.9 Å². The molecule has 0 saturated carbocycles. The van der Waals surface area contributed by atoms with Crippen molar-refractivity contribution in [3.63, 3.8) is 0 Å². The smallest absolute Gasteiger partial charge is 0.305 e. The van der Waals surface area contributed by atoms with Crippen LogP contribution in [0.3, 0.4) is 0 Å². The summed E-state index contributed by atoms with van der Waals surface area (Å²) in [5, 5.41) is 16.2. The van der Waals surface area contributed by atoms with Crippen molar-refractivity contribution < 1.29 is 37.2 Å². The molecular formula is C39H42N4O9S. The van der Waals surface area contributed by atoms with Gasteiger partial charge in [0.05, 0.1) is 22.8 Å². The van der Waals surface area contributed by atoms with Crippen molar-refractivity contribution in [2.45, 2.75) is 52.4 Å². The molecule has 278 valence electrons. The average Bonchev–Trinajstić information content (AvgIpc) is 3.13. The molecule has 0 aromatic heterocycles. The minimum atomic E-state index is -4.80. The molecule has 4 aromatic rings. The largest absolute Gasteiger partial charge is 0.466 e. The summed E-state index contributed by atoms with van der Waals surface area (Å²) in [5.74, 6) is -0.508. The fourth-order valence-corrected chi connectivity index (χ4v) is 6.20. The van der Waals surface area contributed by atoms with Gasteiger partial charge in [0.15, 0.2) is 0 Å². The van der Waals surface area contributed by atoms with E-state index in [1.54, 1.807) is 43.3 Å². The van der Waals surface area contributed by atoms with Gasteiger partial charge in [-0.2, -0.15) is 8.42 Å². The number of anilines is 3. The van der Waals surface area contributed by atoms with E-state index in [2.05, 4.69) is 15.4 Å². The zero-order valence-electron chi connectivity index (χ0n) is 29.5. The number of benzene rings is 4. The Hall–Kier alpha value is -6.02. The van der Waals surface area contributed by atoms with Gasteiger partial charge in [-0.25, -0.2) is 0 Å². The summed E-state index contributed by atoms with van der Waals surface area (Å²) in [4.78, 5) is 48.9. The number of carbonyl (C=O) groups excluding carboxylic acids is 3. The lowest BCUT2D eigenvalue weighted by molar-refractivity contribution is -0.383. The van der Waals surface area contributed by atoms with Gasteiger partial charge in [0.25, 0.3) is 5.69 Å². The number of ether oxygens (including phenoxy) is 2. The molecule has 14 heteroatoms. The number of esters is 1. The molecule has 0 radical (unpaired) electrons. The van der Waals surface area contributed by atoms with Crippen LogP contribution in [0.15, 0.2) is 97.1 Å². The van der Waals surface area contributed by atoms with Gasteiger partial charge in [0.2, 0.25) is 5.91 Å². The van der Waals surface area contributed by atoms with E-state index >= 15 is 0 Å². The van der Waals surface area contributed by atoms with Gasteiger partial charge in [-0.3, -0.25) is 29.2 Å². The van der Waals surface area contributed by atoms with E-state index in [0.717, 1.165) is 49.3 Å². The Labute approximate surface area is 308 Å². The fourth-order valence-electron chi connectivity index (χ4n) is 5.21. The van der Waals surface area contributed by atoms with Gasteiger partial charge in [0.1, 0.15) is 17.2 Å². The Morgan fingerprint density at radius 3 is 2.28 bits per heavy atom. The van der Waals surface area contributed by atoms with E-state index in [9.17, 15) is 32.9 Å². The van der Waals surface area contributed by atoms with E-state index in [-0.39, 0.29) is 40.0 Å². The molecule has 0 saturated heterocycles. The molecule has 0 spiro atoms. The molecule has 0 unspecified atom stereocenters. The number of nitrogens with zero attached hydrogens (tertiary/aromatic N) is 1. The summed E-state index contributed by atoms with van der Waals surface area (Å²) in [5.41, 5.74) is 1.38. The van der Waals surface area contributed by atoms with Crippen molar-refractivity contribution in [3.8, 4) is 11.5 Å². The number of sulfonamides is 1. The minimum Gasteiger partial charge on any atom is -0.466 e. The molecule has 13 nitrogen and oxygen atoms in total. The third-order valence-corrected chi connectivity index (χ3v) is 9.12. The molecule has 1 amide bonds. The van der Waals surface area contributed by atoms with Gasteiger partial charge in [-0.1, -0.05) is 61.7 Å². The predicted octanol–water partition coefficient (Wildman–Crippen LogP) is 8.25. The van der Waals surface area contributed by atoms with Crippen LogP contribution in [0.1, 0.15) is 66.9 Å². The molecule has 4 rings (SSSR count). The van der Waals surface area contributed by atoms with Crippen LogP contribution in [0.5, 0.6) is 11.5 Å². The molecule has 53 heavy (non-hydrogen) atoms. The summed E-state index contributed by atoms with van der Waals surface area (Å²) >= 11 is 0. The maximum absolute atomic E-state index is 13.5. The SMILES string of the molecule is CCOC(=O)CCCCCCCNc1ccc(NS(=O)(=O)C(=O)c2ccc(NC(=O)C=Cc3ccccc3C)cc2Oc2ccccc2)cc1[N+](=O)[O-]. The maximum Gasteiger partial charge on any atom is 0.305 e. The lowest BCUT2D eigenvalue weighted by Gasteiger charge is -2.14. The van der Waals surface area contributed by atoms with Crippen molar-refractivity contribution in [1.82, 2.24) is 0 Å². The van der Waals surface area contributed by atoms with Crippen LogP contribution < -0.4 is 20.1 Å². The number of nitrogens with one attached hydrogen (secondary N) is 3. The Morgan fingerprint density at radius 1 is 0.849 bits per heavy atom. The number of hydrogen-bond donors (Lipinski definition) is 3. The Morgan fingerprint density at radius 2 is 1.55 bits per heavy atom. The van der Waals surface area contributed by atoms with Crippen molar-refractivity contribution in [2.75, 3.05) is 28.5 Å². The van der Waals surface area contributed by atoms with Gasteiger partial charge < -0.3 is 20.1 Å². The first kappa shape index (κ1) is 39.8. The zero-order chi connectivity index (χ0) is 38.2. The van der Waals surface area contributed by atoms with E-state index in [0.29, 0.717) is 25.3 Å². The number of aryl methyl sites for hydroxylation is 1. The summed E-state index contributed by atoms with van der Waals surface area (Å²) in [6.07, 6.45) is 7.44. The standard InChI is InChI=1S/C39H42N4O9S/c1-3-51-38(45)18-10-5-4-6-13-25-40-34-23-21-31(26-35(34)43(47)48)42-53(49,50)39(46)33-22-20-30(27-36(33)52-32-16-8-7-9-17-32)41-37(44)24-19-29-15-12-11-14-28(29)2/h7-9,11-12,14-17,19-24,26-27,40,42H,3-6,10,13,18,25H2,1-2H3,(H,41,44). The van der Waals surface area contributed by atoms with Crippen LogP contribution in [0.25, 0.3) is 6.08 Å². The quantitative estimate of drug-likeness (QED) is 0.0278. The number of hydrogen-bond acceptors (Lipinski definition) is 10. The molecule has 0 aliphatic heterocycles. The van der Waals surface area contributed by atoms with Gasteiger partial charge in [-0.05, 0) is 80.3 Å². The Balaban J connectivity index is 1.44. The fraction of sp³-hybridized carbons (Fsp3) is 0.256. The number of para-hydroxylation sites is 1. The van der Waals surface area contributed by atoms with Crippen molar-refractivity contribution in [2.24, 2.45) is 0 Å². The number of nitro groups is 1. The van der Waals surface area contributed by atoms with Crippen LogP contribution in [-0.4, -0.2) is 43.5 Å². The summed E-state index contributed by atoms with van der Waals surface area (Å²) in [7, 11) is -4.80. The number of carbonyl (C=O) groups is 3. The van der Waals surface area contributed by atoms with Crippen LogP contribution >= 0.6 is 0 Å². The Bertz CT molecular complexity index is 2050. The lowest BCUT2D eigenvalue weighted by Crippen LogP contribution is -2.24. The zero-order valence-corrected chi connectivity index (χ0v) is 30.3. The molecule has 0 aliphatic carbocycles. The average molecular weight is 743 g/mol. The topological polar surface area (TPSA) is 183 Å². The number of rotatable bonds is 19. The summed E-state index contributed by atoms with van der Waals surface area (Å²) in [6.45, 7) is 4.48. The predicted molar refractivity (Wildman–Crippen MR) is 205 cm³/mol. The molecule has 0 atom stereocenters. The van der Waals surface area contributed by atoms with Crippen molar-refractivity contribution in [1.29, 1.82) is 0 Å². The van der Waals surface area contributed by atoms with Crippen LogP contribution in [-0.2, 0) is 24.3 Å². The molecule has 3 N–H and O–H groups in total. The third-order valence-electron chi connectivity index (χ3n) is 7.91. The van der Waals surface area contributed by atoms with E-state index in [1.807, 2.05) is 31.2 Å². The first-order valence-corrected chi connectivity index (χ1v) is 18.6. The first-order valence-electron chi connectivity index (χ1n) is 17.1. The van der Waals surface area contributed by atoms with E-state index < -0.39 is 26.0 Å². The van der Waals surface area contributed by atoms with Crippen LogP contribution in [0, 0.1) is 17.0 Å². The summed E-state index contributed by atoms with van der Waals surface area (Å²) < 4.78 is 39.7. The number of nitro benzene ring substituents is 1. The third kappa shape index (κ3) is 12.3. The van der Waals surface area contributed by atoms with Gasteiger partial charge in [-0.15, -0.1) is 0 Å².